The molecule has 0 bridgehead atoms. The lowest BCUT2D eigenvalue weighted by Gasteiger charge is -2.33. The Kier molecular flexibility index (Phi) is 4.85. The summed E-state index contributed by atoms with van der Waals surface area (Å²) in [6.07, 6.45) is 11.3. The largest absolute Gasteiger partial charge is 0.490 e. The molecule has 5 heteroatoms. The smallest absolute Gasteiger partial charge is 0.226 e. The predicted octanol–water partition coefficient (Wildman–Crippen LogP) is 3.94. The van der Waals surface area contributed by atoms with E-state index in [1.54, 1.807) is 0 Å². The van der Waals surface area contributed by atoms with Gasteiger partial charge in [0.15, 0.2) is 0 Å². The van der Waals surface area contributed by atoms with E-state index >= 15 is 0 Å². The van der Waals surface area contributed by atoms with Crippen molar-refractivity contribution in [3.05, 3.63) is 42.6 Å². The van der Waals surface area contributed by atoms with Gasteiger partial charge in [0.25, 0.3) is 0 Å². The highest BCUT2D eigenvalue weighted by Crippen LogP contribution is 2.33. The number of hydrogen-bond donors (Lipinski definition) is 0. The normalized spacial score (nSPS) is 23.7. The molecule has 1 aromatic heterocycles. The van der Waals surface area contributed by atoms with Gasteiger partial charge in [-0.1, -0.05) is 18.2 Å². The van der Waals surface area contributed by atoms with Crippen molar-refractivity contribution >= 4 is 16.8 Å². The number of allylic oxidation sites excluding steroid dienone is 2. The molecule has 0 N–H and O–H groups in total. The molecule has 3 aliphatic rings. The van der Waals surface area contributed by atoms with Crippen LogP contribution in [0.5, 0.6) is 5.75 Å². The lowest BCUT2D eigenvalue weighted by Crippen LogP contribution is -2.44. The molecule has 2 aliphatic heterocycles. The Labute approximate surface area is 165 Å². The Balaban J connectivity index is 1.24. The molecule has 5 nitrogen and oxygen atoms in total. The SMILES string of the molecule is O=C(C1CC=CC1)N1CCC(Oc2cccc3c2ccn3C2CCOC2)CC1. The van der Waals surface area contributed by atoms with Crippen LogP contribution in [0.1, 0.15) is 38.1 Å². The zero-order valence-electron chi connectivity index (χ0n) is 16.3. The molecule has 2 saturated heterocycles. The molecule has 1 aromatic carbocycles. The van der Waals surface area contributed by atoms with Crippen LogP contribution in [0.15, 0.2) is 42.6 Å². The summed E-state index contributed by atoms with van der Waals surface area (Å²) in [6, 6.07) is 8.90. The summed E-state index contributed by atoms with van der Waals surface area (Å²) in [5.41, 5.74) is 1.22. The number of carbonyl (C=O) groups is 1. The second-order valence-electron chi connectivity index (χ2n) is 8.21. The minimum absolute atomic E-state index is 0.172. The molecule has 0 spiro atoms. The molecular formula is C23H28N2O3. The standard InChI is InChI=1S/C23H28N2O3/c26-23(17-4-1-2-5-17)24-12-8-19(9-13-24)28-22-7-3-6-21-20(22)10-14-25(21)18-11-15-27-16-18/h1-3,6-7,10,14,17-19H,4-5,8-9,11-13,15-16H2. The third-order valence-corrected chi connectivity index (χ3v) is 6.43. The van der Waals surface area contributed by atoms with E-state index in [-0.39, 0.29) is 12.0 Å². The van der Waals surface area contributed by atoms with Crippen LogP contribution in [0.4, 0.5) is 0 Å². The van der Waals surface area contributed by atoms with Crippen molar-refractivity contribution in [2.45, 2.75) is 44.2 Å². The second kappa shape index (κ2) is 7.63. The molecule has 1 amide bonds. The summed E-state index contributed by atoms with van der Waals surface area (Å²) in [5, 5.41) is 1.17. The van der Waals surface area contributed by atoms with Crippen LogP contribution < -0.4 is 4.74 Å². The number of aromatic nitrogens is 1. The van der Waals surface area contributed by atoms with Gasteiger partial charge in [0.05, 0.1) is 18.2 Å². The molecule has 1 unspecified atom stereocenters. The van der Waals surface area contributed by atoms with E-state index in [1.165, 1.54) is 10.9 Å². The summed E-state index contributed by atoms with van der Waals surface area (Å²) in [4.78, 5) is 14.6. The molecule has 0 saturated carbocycles. The van der Waals surface area contributed by atoms with E-state index in [0.29, 0.717) is 11.9 Å². The third-order valence-electron chi connectivity index (χ3n) is 6.43. The third kappa shape index (κ3) is 3.32. The fourth-order valence-electron chi connectivity index (χ4n) is 4.77. The quantitative estimate of drug-likeness (QED) is 0.755. The summed E-state index contributed by atoms with van der Waals surface area (Å²) >= 11 is 0. The van der Waals surface area contributed by atoms with Gasteiger partial charge in [-0.2, -0.15) is 0 Å². The van der Waals surface area contributed by atoms with Gasteiger partial charge in [-0.15, -0.1) is 0 Å². The molecule has 5 rings (SSSR count). The molecule has 2 fully saturated rings. The topological polar surface area (TPSA) is 43.7 Å². The first kappa shape index (κ1) is 17.8. The van der Waals surface area contributed by atoms with E-state index in [1.807, 2.05) is 4.90 Å². The maximum absolute atomic E-state index is 12.6. The van der Waals surface area contributed by atoms with E-state index in [0.717, 1.165) is 64.2 Å². The average Bonchev–Trinajstić information content (AvgIpc) is 3.49. The first-order chi connectivity index (χ1) is 13.8. The Bertz CT molecular complexity index is 865. The number of nitrogens with zero attached hydrogens (tertiary/aromatic N) is 2. The van der Waals surface area contributed by atoms with Gasteiger partial charge in [0.2, 0.25) is 5.91 Å². The predicted molar refractivity (Wildman–Crippen MR) is 109 cm³/mol. The van der Waals surface area contributed by atoms with Crippen molar-refractivity contribution in [1.29, 1.82) is 0 Å². The van der Waals surface area contributed by atoms with Crippen molar-refractivity contribution in [3.8, 4) is 5.75 Å². The first-order valence-electron chi connectivity index (χ1n) is 10.6. The maximum atomic E-state index is 12.6. The minimum Gasteiger partial charge on any atom is -0.490 e. The monoisotopic (exact) mass is 380 g/mol. The first-order valence-corrected chi connectivity index (χ1v) is 10.6. The van der Waals surface area contributed by atoms with E-state index in [9.17, 15) is 4.79 Å². The number of benzene rings is 1. The van der Waals surface area contributed by atoms with Gasteiger partial charge in [0, 0.05) is 50.0 Å². The van der Waals surface area contributed by atoms with Crippen LogP contribution in [0.3, 0.4) is 0 Å². The molecule has 1 atom stereocenters. The van der Waals surface area contributed by atoms with Gasteiger partial charge in [-0.3, -0.25) is 4.79 Å². The van der Waals surface area contributed by atoms with Gasteiger partial charge in [-0.25, -0.2) is 0 Å². The summed E-state index contributed by atoms with van der Waals surface area (Å²) in [5.74, 6) is 1.45. The van der Waals surface area contributed by atoms with Crippen LogP contribution in [-0.4, -0.2) is 47.8 Å². The number of carbonyl (C=O) groups excluding carboxylic acids is 1. The summed E-state index contributed by atoms with van der Waals surface area (Å²) < 4.78 is 14.3. The molecule has 1 aliphatic carbocycles. The average molecular weight is 380 g/mol. The highest BCUT2D eigenvalue weighted by atomic mass is 16.5. The Morgan fingerprint density at radius 3 is 2.64 bits per heavy atom. The summed E-state index contributed by atoms with van der Waals surface area (Å²) in [6.45, 7) is 3.24. The van der Waals surface area contributed by atoms with Gasteiger partial charge in [0.1, 0.15) is 11.9 Å². The molecular weight excluding hydrogens is 352 g/mol. The van der Waals surface area contributed by atoms with Crippen LogP contribution in [0.25, 0.3) is 10.9 Å². The maximum Gasteiger partial charge on any atom is 0.226 e. The number of amides is 1. The highest BCUT2D eigenvalue weighted by molar-refractivity contribution is 5.86. The Morgan fingerprint density at radius 1 is 1.07 bits per heavy atom. The van der Waals surface area contributed by atoms with Crippen molar-refractivity contribution < 1.29 is 14.3 Å². The number of likely N-dealkylation sites (tertiary alicyclic amines) is 1. The van der Waals surface area contributed by atoms with Crippen LogP contribution >= 0.6 is 0 Å². The molecule has 2 aromatic rings. The van der Waals surface area contributed by atoms with Crippen molar-refractivity contribution in [2.75, 3.05) is 26.3 Å². The van der Waals surface area contributed by atoms with Crippen LogP contribution in [0, 0.1) is 5.92 Å². The minimum atomic E-state index is 0.172. The second-order valence-corrected chi connectivity index (χ2v) is 8.21. The number of piperidine rings is 1. The van der Waals surface area contributed by atoms with Crippen LogP contribution in [0.2, 0.25) is 0 Å². The zero-order valence-corrected chi connectivity index (χ0v) is 16.3. The summed E-state index contributed by atoms with van der Waals surface area (Å²) in [7, 11) is 0. The fourth-order valence-corrected chi connectivity index (χ4v) is 4.77. The van der Waals surface area contributed by atoms with E-state index < -0.39 is 0 Å². The number of fused-ring (bicyclic) bond motifs is 1. The zero-order chi connectivity index (χ0) is 18.9. The Hall–Kier alpha value is -2.27. The van der Waals surface area contributed by atoms with Gasteiger partial charge < -0.3 is 18.9 Å². The van der Waals surface area contributed by atoms with Gasteiger partial charge in [-0.05, 0) is 37.5 Å². The fraction of sp³-hybridized carbons (Fsp3) is 0.522. The van der Waals surface area contributed by atoms with E-state index in [4.69, 9.17) is 9.47 Å². The van der Waals surface area contributed by atoms with Crippen molar-refractivity contribution in [1.82, 2.24) is 9.47 Å². The molecule has 28 heavy (non-hydrogen) atoms. The molecule has 148 valence electrons. The lowest BCUT2D eigenvalue weighted by atomic mass is 10.0. The van der Waals surface area contributed by atoms with Crippen molar-refractivity contribution in [3.63, 3.8) is 0 Å². The Morgan fingerprint density at radius 2 is 1.89 bits per heavy atom. The molecule has 0 radical (unpaired) electrons. The lowest BCUT2D eigenvalue weighted by molar-refractivity contribution is -0.137. The number of rotatable bonds is 4. The molecule has 3 heterocycles. The van der Waals surface area contributed by atoms with E-state index in [2.05, 4.69) is 47.2 Å². The number of ether oxygens (including phenoxy) is 2. The highest BCUT2D eigenvalue weighted by Gasteiger charge is 2.29. The number of hydrogen-bond acceptors (Lipinski definition) is 3. The van der Waals surface area contributed by atoms with Gasteiger partial charge >= 0.3 is 0 Å². The van der Waals surface area contributed by atoms with Crippen LogP contribution in [-0.2, 0) is 9.53 Å². The van der Waals surface area contributed by atoms with Crippen molar-refractivity contribution in [2.24, 2.45) is 5.92 Å².